The molecule has 28 heavy (non-hydrogen) atoms. The van der Waals surface area contributed by atoms with E-state index < -0.39 is 0 Å². The summed E-state index contributed by atoms with van der Waals surface area (Å²) in [4.78, 5) is 33.1. The minimum absolute atomic E-state index is 0.0479. The summed E-state index contributed by atoms with van der Waals surface area (Å²) in [5, 5.41) is 6.07. The minimum atomic E-state index is -0.268. The van der Waals surface area contributed by atoms with Crippen molar-refractivity contribution in [2.24, 2.45) is 4.99 Å². The van der Waals surface area contributed by atoms with Gasteiger partial charge in [-0.15, -0.1) is 0 Å². The van der Waals surface area contributed by atoms with Gasteiger partial charge in [-0.3, -0.25) is 9.59 Å². The lowest BCUT2D eigenvalue weighted by Gasteiger charge is -2.37. The molecule has 2 saturated heterocycles. The number of carbonyl (C=O) groups is 2. The maximum atomic E-state index is 12.5. The van der Waals surface area contributed by atoms with Crippen LogP contribution in [0.2, 0.25) is 0 Å². The van der Waals surface area contributed by atoms with E-state index in [2.05, 4.69) is 20.5 Å². The van der Waals surface area contributed by atoms with Crippen molar-refractivity contribution in [1.82, 2.24) is 15.1 Å². The molecule has 2 aliphatic rings. The van der Waals surface area contributed by atoms with Gasteiger partial charge in [0.25, 0.3) is 5.91 Å². The molecule has 1 unspecified atom stereocenters. The molecule has 1 aromatic rings. The zero-order chi connectivity index (χ0) is 19.8. The molecule has 0 aromatic heterocycles. The molecule has 0 bridgehead atoms. The zero-order valence-corrected chi connectivity index (χ0v) is 16.4. The molecule has 2 amide bonds. The molecule has 0 aliphatic carbocycles. The Hall–Kier alpha value is -2.61. The second-order valence-corrected chi connectivity index (χ2v) is 6.90. The number of rotatable bonds is 5. The third-order valence-corrected chi connectivity index (χ3v) is 4.86. The van der Waals surface area contributed by atoms with Gasteiger partial charge in [-0.2, -0.15) is 0 Å². The number of nitrogens with zero attached hydrogens (tertiary/aromatic N) is 3. The Kier molecular flexibility index (Phi) is 7.25. The average molecular weight is 387 g/mol. The summed E-state index contributed by atoms with van der Waals surface area (Å²) < 4.78 is 5.51. The normalized spacial score (nSPS) is 20.2. The van der Waals surface area contributed by atoms with Gasteiger partial charge in [-0.05, 0) is 31.9 Å². The number of nitrogens with one attached hydrogen (secondary N) is 2. The number of amides is 2. The molecular formula is C20H29N5O3. The topological polar surface area (TPSA) is 86.3 Å². The maximum absolute atomic E-state index is 12.5. The summed E-state index contributed by atoms with van der Waals surface area (Å²) in [7, 11) is 0. The zero-order valence-electron chi connectivity index (χ0n) is 16.4. The van der Waals surface area contributed by atoms with E-state index in [-0.39, 0.29) is 24.5 Å². The third kappa shape index (κ3) is 5.45. The summed E-state index contributed by atoms with van der Waals surface area (Å²) in [5.74, 6) is 0.644. The highest BCUT2D eigenvalue weighted by atomic mass is 16.5. The molecule has 0 spiro atoms. The molecule has 8 nitrogen and oxygen atoms in total. The molecule has 152 valence electrons. The van der Waals surface area contributed by atoms with Crippen LogP contribution in [0.3, 0.4) is 0 Å². The first-order valence-electron chi connectivity index (χ1n) is 9.96. The molecule has 8 heteroatoms. The number of para-hydroxylation sites is 1. The Morgan fingerprint density at radius 2 is 1.86 bits per heavy atom. The van der Waals surface area contributed by atoms with E-state index in [0.717, 1.165) is 18.5 Å². The number of guanidine groups is 1. The number of piperazine rings is 1. The van der Waals surface area contributed by atoms with Crippen LogP contribution < -0.4 is 10.6 Å². The van der Waals surface area contributed by atoms with Crippen molar-refractivity contribution in [2.45, 2.75) is 25.9 Å². The predicted molar refractivity (Wildman–Crippen MR) is 108 cm³/mol. The van der Waals surface area contributed by atoms with Crippen molar-refractivity contribution in [3.63, 3.8) is 0 Å². The fourth-order valence-electron chi connectivity index (χ4n) is 3.41. The van der Waals surface area contributed by atoms with E-state index in [4.69, 9.17) is 4.74 Å². The first kappa shape index (κ1) is 20.1. The Balaban J connectivity index is 1.51. The van der Waals surface area contributed by atoms with Crippen molar-refractivity contribution >= 4 is 23.5 Å². The van der Waals surface area contributed by atoms with Gasteiger partial charge in [0.15, 0.2) is 5.96 Å². The molecule has 3 rings (SSSR count). The Labute approximate surface area is 165 Å². The molecule has 1 aromatic carbocycles. The largest absolute Gasteiger partial charge is 0.368 e. The third-order valence-electron chi connectivity index (χ3n) is 4.86. The van der Waals surface area contributed by atoms with Crippen molar-refractivity contribution in [2.75, 3.05) is 51.2 Å². The fourth-order valence-corrected chi connectivity index (χ4v) is 3.41. The lowest BCUT2D eigenvalue weighted by molar-refractivity contribution is -0.142. The fraction of sp³-hybridized carbons (Fsp3) is 0.550. The molecule has 0 radical (unpaired) electrons. The van der Waals surface area contributed by atoms with Crippen LogP contribution in [0.4, 0.5) is 5.69 Å². The second kappa shape index (κ2) is 10.1. The molecule has 2 N–H and O–H groups in total. The van der Waals surface area contributed by atoms with Gasteiger partial charge in [0.2, 0.25) is 5.91 Å². The van der Waals surface area contributed by atoms with Crippen LogP contribution >= 0.6 is 0 Å². The van der Waals surface area contributed by atoms with E-state index in [9.17, 15) is 9.59 Å². The monoisotopic (exact) mass is 387 g/mol. The standard InChI is InChI=1S/C20H29N5O3/c1-2-21-20(22-15-18(26)23-16-7-4-3-5-8-16)25-12-10-24(11-13-25)19(27)17-9-6-14-28-17/h3-5,7-8,17H,2,6,9-15H2,1H3,(H,21,22)(H,23,26). The highest BCUT2D eigenvalue weighted by molar-refractivity contribution is 5.94. The van der Waals surface area contributed by atoms with Crippen LogP contribution in [-0.4, -0.2) is 79.6 Å². The lowest BCUT2D eigenvalue weighted by Crippen LogP contribution is -2.55. The maximum Gasteiger partial charge on any atom is 0.251 e. The van der Waals surface area contributed by atoms with E-state index in [0.29, 0.717) is 45.3 Å². The summed E-state index contributed by atoms with van der Waals surface area (Å²) in [6.45, 7) is 6.09. The number of hydrogen-bond acceptors (Lipinski definition) is 4. The predicted octanol–water partition coefficient (Wildman–Crippen LogP) is 0.914. The highest BCUT2D eigenvalue weighted by Crippen LogP contribution is 2.16. The molecule has 1 atom stereocenters. The van der Waals surface area contributed by atoms with E-state index >= 15 is 0 Å². The van der Waals surface area contributed by atoms with Crippen molar-refractivity contribution in [3.8, 4) is 0 Å². The van der Waals surface area contributed by atoms with Crippen molar-refractivity contribution in [3.05, 3.63) is 30.3 Å². The number of aliphatic imine (C=N–C) groups is 1. The number of hydrogen-bond donors (Lipinski definition) is 2. The second-order valence-electron chi connectivity index (χ2n) is 6.90. The molecule has 2 heterocycles. The quantitative estimate of drug-likeness (QED) is 0.580. The molecular weight excluding hydrogens is 358 g/mol. The molecule has 0 saturated carbocycles. The van der Waals surface area contributed by atoms with E-state index in [1.807, 2.05) is 42.2 Å². The van der Waals surface area contributed by atoms with Gasteiger partial charge in [-0.1, -0.05) is 18.2 Å². The van der Waals surface area contributed by atoms with Crippen LogP contribution in [0.5, 0.6) is 0 Å². The van der Waals surface area contributed by atoms with Crippen molar-refractivity contribution in [1.29, 1.82) is 0 Å². The molecule has 2 fully saturated rings. The van der Waals surface area contributed by atoms with Crippen LogP contribution in [0.15, 0.2) is 35.3 Å². The summed E-state index contributed by atoms with van der Waals surface area (Å²) in [5.41, 5.74) is 0.758. The van der Waals surface area contributed by atoms with Gasteiger partial charge in [0.1, 0.15) is 12.6 Å². The van der Waals surface area contributed by atoms with E-state index in [1.165, 1.54) is 0 Å². The number of benzene rings is 1. The summed E-state index contributed by atoms with van der Waals surface area (Å²) >= 11 is 0. The van der Waals surface area contributed by atoms with Gasteiger partial charge in [0.05, 0.1) is 0 Å². The highest BCUT2D eigenvalue weighted by Gasteiger charge is 2.30. The number of carbonyl (C=O) groups excluding carboxylic acids is 2. The number of ether oxygens (including phenoxy) is 1. The van der Waals surface area contributed by atoms with Crippen LogP contribution in [0, 0.1) is 0 Å². The van der Waals surface area contributed by atoms with Gasteiger partial charge in [-0.25, -0.2) is 4.99 Å². The first-order valence-corrected chi connectivity index (χ1v) is 9.96. The smallest absolute Gasteiger partial charge is 0.251 e. The lowest BCUT2D eigenvalue weighted by atomic mass is 10.2. The van der Waals surface area contributed by atoms with Gasteiger partial charge in [0, 0.05) is 45.0 Å². The minimum Gasteiger partial charge on any atom is -0.368 e. The van der Waals surface area contributed by atoms with Crippen LogP contribution in [0.1, 0.15) is 19.8 Å². The van der Waals surface area contributed by atoms with Gasteiger partial charge < -0.3 is 25.2 Å². The Morgan fingerprint density at radius 3 is 2.50 bits per heavy atom. The first-order chi connectivity index (χ1) is 13.7. The summed E-state index contributed by atoms with van der Waals surface area (Å²) in [6, 6.07) is 9.34. The summed E-state index contributed by atoms with van der Waals surface area (Å²) in [6.07, 6.45) is 1.51. The molecule has 2 aliphatic heterocycles. The average Bonchev–Trinajstić information content (AvgIpc) is 3.26. The Bertz CT molecular complexity index is 680. The van der Waals surface area contributed by atoms with Gasteiger partial charge >= 0.3 is 0 Å². The van der Waals surface area contributed by atoms with E-state index in [1.54, 1.807) is 0 Å². The van der Waals surface area contributed by atoms with Crippen molar-refractivity contribution < 1.29 is 14.3 Å². The Morgan fingerprint density at radius 1 is 1.14 bits per heavy atom. The van der Waals surface area contributed by atoms with Crippen LogP contribution in [0.25, 0.3) is 0 Å². The van der Waals surface area contributed by atoms with Crippen LogP contribution in [-0.2, 0) is 14.3 Å². The SMILES string of the molecule is CCNC(=NCC(=O)Nc1ccccc1)N1CCN(C(=O)C2CCCO2)CC1. The number of anilines is 1.